The maximum atomic E-state index is 13.4. The minimum Gasteiger partial charge on any atom is -0.506 e. The number of nitrogens with zero attached hydrogens (tertiary/aromatic N) is 18. The minimum absolute atomic E-state index is 0.0700. The summed E-state index contributed by atoms with van der Waals surface area (Å²) < 4.78 is 27.9. The molecular weight excluding hydrogens is 1640 g/mol. The van der Waals surface area contributed by atoms with E-state index in [9.17, 15) is 78.0 Å². The average molecular weight is 1720 g/mol. The minimum atomic E-state index is -1.56. The first-order chi connectivity index (χ1) is 60.3. The summed E-state index contributed by atoms with van der Waals surface area (Å²) in [7, 11) is 1.38. The molecule has 6 heterocycles. The molecule has 0 bridgehead atoms. The van der Waals surface area contributed by atoms with Gasteiger partial charge in [0.15, 0.2) is 0 Å². The lowest BCUT2D eigenvalue weighted by Gasteiger charge is -2.15. The fourth-order valence-corrected chi connectivity index (χ4v) is 12.0. The van der Waals surface area contributed by atoms with Gasteiger partial charge in [-0.3, -0.25) is 4.79 Å². The number of benzene rings is 8. The number of carbonyl (C=O) groups excluding carboxylic acids is 5. The summed E-state index contributed by atoms with van der Waals surface area (Å²) in [5.41, 5.74) is 2.88. The Hall–Kier alpha value is -16.8. The van der Waals surface area contributed by atoms with Crippen molar-refractivity contribution in [3.63, 3.8) is 0 Å². The molecule has 46 heteroatoms. The van der Waals surface area contributed by atoms with Crippen LogP contribution < -0.4 is 66.0 Å². The molecule has 0 atom stereocenters. The van der Waals surface area contributed by atoms with E-state index in [1.54, 1.807) is 91.0 Å². The zero-order valence-electron chi connectivity index (χ0n) is 66.7. The number of phenolic OH excluding ortho intramolecular Hbond substituents is 4. The number of aromatic hydroxyl groups is 4. The first-order valence-corrected chi connectivity index (χ1v) is 38.1. The van der Waals surface area contributed by atoms with Gasteiger partial charge in [0.2, 0.25) is 5.91 Å². The van der Waals surface area contributed by atoms with E-state index in [0.717, 1.165) is 30.8 Å². The molecule has 648 valence electrons. The Kier molecular flexibility index (Phi) is 28.5. The SMILES string of the molecule is CC(=O)NCn1c(=O)n(CNC(=O)OCCc2ccc(O)c(-n3nc4ccccc4n3)c2)c(=O)n(CNC(=O)OCCc2ccc(O)c(-n3nc4ccccc4n3)c2)c1=O.CCCc1ccc(O)c(-n2nc3ccccc3n2)c1.COCCOC(=O)NCn1c(=O)n(CNC(=O)O)c(=O)n(CNC(=O)OCCc2ccc(O)c(-n3nc4ccccc4n3)c2)c1=O. The predicted molar refractivity (Wildman–Crippen MR) is 440 cm³/mol. The molecule has 14 rings (SSSR count). The van der Waals surface area contributed by atoms with Gasteiger partial charge in [-0.15, -0.1) is 60.0 Å². The highest BCUT2D eigenvalue weighted by atomic mass is 16.6. The van der Waals surface area contributed by atoms with Gasteiger partial charge in [0.25, 0.3) is 0 Å². The van der Waals surface area contributed by atoms with E-state index in [-0.39, 0.29) is 75.3 Å². The quantitative estimate of drug-likeness (QED) is 0.0227. The second-order valence-electron chi connectivity index (χ2n) is 26.9. The van der Waals surface area contributed by atoms with Crippen LogP contribution in [0.4, 0.5) is 24.0 Å². The number of aryl methyl sites for hydroxylation is 1. The largest absolute Gasteiger partial charge is 0.506 e. The van der Waals surface area contributed by atoms with Gasteiger partial charge in [-0.2, -0.15) is 0 Å². The van der Waals surface area contributed by atoms with Crippen molar-refractivity contribution in [2.45, 2.75) is 86.0 Å². The summed E-state index contributed by atoms with van der Waals surface area (Å²) in [5, 5.41) is 98.1. The van der Waals surface area contributed by atoms with Gasteiger partial charge < -0.3 is 81.1 Å². The fourth-order valence-electron chi connectivity index (χ4n) is 12.0. The van der Waals surface area contributed by atoms with Crippen LogP contribution in [-0.2, 0) is 94.2 Å². The molecule has 0 aliphatic rings. The molecule has 125 heavy (non-hydrogen) atoms. The number of amides is 6. The lowest BCUT2D eigenvalue weighted by atomic mass is 10.1. The van der Waals surface area contributed by atoms with Gasteiger partial charge >= 0.3 is 64.6 Å². The molecular formula is C79H80N24O22. The van der Waals surface area contributed by atoms with E-state index in [4.69, 9.17) is 28.8 Å². The fraction of sp³-hybridized carbons (Fsp3) is 0.241. The lowest BCUT2D eigenvalue weighted by Crippen LogP contribution is -2.58. The lowest BCUT2D eigenvalue weighted by molar-refractivity contribution is -0.119. The zero-order chi connectivity index (χ0) is 88.8. The van der Waals surface area contributed by atoms with Crippen molar-refractivity contribution in [1.82, 2.24) is 119 Å². The molecule has 11 N–H and O–H groups in total. The van der Waals surface area contributed by atoms with Crippen molar-refractivity contribution in [2.75, 3.05) is 40.1 Å². The highest BCUT2D eigenvalue weighted by Gasteiger charge is 2.23. The molecule has 0 saturated heterocycles. The van der Waals surface area contributed by atoms with E-state index in [1.807, 2.05) is 66.0 Å². The third-order valence-electron chi connectivity index (χ3n) is 18.3. The van der Waals surface area contributed by atoms with Crippen molar-refractivity contribution >= 4 is 80.5 Å². The summed E-state index contributed by atoms with van der Waals surface area (Å²) in [6.45, 7) is -1.68. The number of alkyl carbamates (subject to hydrolysis) is 4. The van der Waals surface area contributed by atoms with Crippen molar-refractivity contribution in [3.05, 3.63) is 255 Å². The van der Waals surface area contributed by atoms with Crippen molar-refractivity contribution in [3.8, 4) is 45.7 Å². The van der Waals surface area contributed by atoms with Crippen LogP contribution in [0.25, 0.3) is 66.9 Å². The van der Waals surface area contributed by atoms with E-state index < -0.39 is 111 Å². The maximum Gasteiger partial charge on any atom is 0.408 e. The number of nitrogens with one attached hydrogen (secondary N) is 6. The monoisotopic (exact) mass is 1720 g/mol. The molecule has 0 aliphatic heterocycles. The first-order valence-electron chi connectivity index (χ1n) is 38.1. The van der Waals surface area contributed by atoms with Crippen molar-refractivity contribution in [2.24, 2.45) is 0 Å². The number of hydrogen-bond donors (Lipinski definition) is 11. The number of fused-ring (bicyclic) bond motifs is 4. The van der Waals surface area contributed by atoms with Crippen LogP contribution in [0.3, 0.4) is 0 Å². The maximum absolute atomic E-state index is 13.4. The Labute approximate surface area is 701 Å². The highest BCUT2D eigenvalue weighted by molar-refractivity contribution is 5.77. The van der Waals surface area contributed by atoms with Gasteiger partial charge in [0.05, 0.1) is 26.4 Å². The van der Waals surface area contributed by atoms with Crippen molar-refractivity contribution < 1.29 is 78.0 Å². The Bertz CT molecular complexity index is 6400. The van der Waals surface area contributed by atoms with Crippen LogP contribution >= 0.6 is 0 Å². The number of methoxy groups -OCH3 is 1. The van der Waals surface area contributed by atoms with Crippen LogP contribution in [-0.4, -0.2) is 189 Å². The number of aromatic nitrogens is 18. The third-order valence-corrected chi connectivity index (χ3v) is 18.3. The summed E-state index contributed by atoms with van der Waals surface area (Å²) in [6, 6.07) is 48.9. The number of hydrogen-bond acceptors (Lipinski definition) is 29. The summed E-state index contributed by atoms with van der Waals surface area (Å²) in [4.78, 5) is 156. The summed E-state index contributed by atoms with van der Waals surface area (Å²) in [6.07, 6.45) is -2.97. The van der Waals surface area contributed by atoms with E-state index in [1.165, 1.54) is 50.1 Å². The molecule has 0 radical (unpaired) electrons. The summed E-state index contributed by atoms with van der Waals surface area (Å²) in [5.74, 6) is -0.602. The van der Waals surface area contributed by atoms with Gasteiger partial charge in [-0.25, -0.2) is 80.1 Å². The van der Waals surface area contributed by atoms with E-state index >= 15 is 0 Å². The average Bonchev–Trinajstić information content (AvgIpc) is 1.77. The Morgan fingerprint density at radius 3 is 0.760 bits per heavy atom. The normalized spacial score (nSPS) is 11.0. The molecule has 0 unspecified atom stereocenters. The molecule has 14 aromatic rings. The topological polar surface area (TPSA) is 577 Å². The Balaban J connectivity index is 0.000000192. The third kappa shape index (κ3) is 22.2. The van der Waals surface area contributed by atoms with Crippen LogP contribution in [0, 0.1) is 0 Å². The van der Waals surface area contributed by atoms with Gasteiger partial charge in [-0.1, -0.05) is 86.1 Å². The second kappa shape index (κ2) is 40.7. The number of phenols is 4. The number of rotatable bonds is 30. The number of carboxylic acid groups (broad SMARTS) is 1. The number of ether oxygens (including phenoxy) is 5. The molecule has 0 saturated carbocycles. The first kappa shape index (κ1) is 87.5. The smallest absolute Gasteiger partial charge is 0.408 e. The highest BCUT2D eigenvalue weighted by Crippen LogP contribution is 2.28. The van der Waals surface area contributed by atoms with E-state index in [0.29, 0.717) is 99.9 Å². The molecule has 0 spiro atoms. The zero-order valence-corrected chi connectivity index (χ0v) is 66.7. The molecule has 0 fully saturated rings. The van der Waals surface area contributed by atoms with Crippen LogP contribution in [0.1, 0.15) is 42.5 Å². The predicted octanol–water partition coefficient (Wildman–Crippen LogP) is 3.17. The van der Waals surface area contributed by atoms with Gasteiger partial charge in [-0.05, 0) is 126 Å². The Morgan fingerprint density at radius 2 is 0.536 bits per heavy atom. The molecule has 46 nitrogen and oxygen atoms in total. The molecule has 6 amide bonds. The van der Waals surface area contributed by atoms with Gasteiger partial charge in [0, 0.05) is 33.3 Å². The van der Waals surface area contributed by atoms with Crippen LogP contribution in [0.2, 0.25) is 0 Å². The van der Waals surface area contributed by atoms with Gasteiger partial charge in [0.1, 0.15) is 137 Å². The molecule has 8 aromatic carbocycles. The summed E-state index contributed by atoms with van der Waals surface area (Å²) >= 11 is 0. The van der Waals surface area contributed by atoms with E-state index in [2.05, 4.69) is 74.3 Å². The van der Waals surface area contributed by atoms with Crippen molar-refractivity contribution in [1.29, 1.82) is 0 Å². The Morgan fingerprint density at radius 1 is 0.312 bits per heavy atom. The second-order valence-corrected chi connectivity index (χ2v) is 26.9. The molecule has 6 aromatic heterocycles. The van der Waals surface area contributed by atoms with Crippen LogP contribution in [0.5, 0.6) is 23.0 Å². The molecule has 0 aliphatic carbocycles. The number of carbonyl (C=O) groups is 6. The van der Waals surface area contributed by atoms with Crippen LogP contribution in [0.15, 0.2) is 199 Å². The standard InChI is InChI=1S/C38H36N12O10.C26H29N9O11.C15H15N3O/c1-23(51)39-20-46-36(56)47(21-40-34(54)59-16-14-24-10-12-32(52)30(18-24)49-42-26-6-2-3-7-27(26)43-49)38(58)48(37(46)57)22-41-35(55)60-17-15-25-11-13-33(53)31(19-25)50-44-28-8-4-5-9-29(28)45-50;1-44-10-11-46-23(40)29-15-34-25(42)32(13-27-21(37)38)24(41)33(26(34)43)14-28-22(39)45-9-8-16-6-7-20(36)19(12-16)35-30-17-4-2-3-5-18(17)31-35;1-2-5-11-8-9-15(19)14(10-11)18-16-12-6-3-4-7-13(12)17-18/h2-13,18-19,52-53H,14-17,20-22H2,1H3,(H,39,51)(H,40,54)(H,41,55);2-7,12,27,36H,8-11,13-15H2,1H3,(H,28,39)(H,29,40)(H,37,38);3-4,6-10,19H,2,5H2,1H3.